The van der Waals surface area contributed by atoms with E-state index in [1.807, 2.05) is 36.7 Å². The smallest absolute Gasteiger partial charge is 0.221 e. The Labute approximate surface area is 129 Å². The summed E-state index contributed by atoms with van der Waals surface area (Å²) in [5.74, 6) is 0.0849. The molecular weight excluding hydrogens is 274 g/mol. The van der Waals surface area contributed by atoms with Crippen molar-refractivity contribution in [2.75, 3.05) is 6.54 Å². The van der Waals surface area contributed by atoms with Gasteiger partial charge in [0, 0.05) is 43.6 Å². The van der Waals surface area contributed by atoms with Crippen LogP contribution in [0.4, 0.5) is 0 Å². The van der Waals surface area contributed by atoms with Crippen LogP contribution in [0.15, 0.2) is 61.1 Å². The maximum Gasteiger partial charge on any atom is 0.221 e. The number of para-hydroxylation sites is 1. The van der Waals surface area contributed by atoms with Crippen molar-refractivity contribution in [2.24, 2.45) is 0 Å². The van der Waals surface area contributed by atoms with E-state index in [2.05, 4.69) is 33.1 Å². The molecule has 0 bridgehead atoms. The summed E-state index contributed by atoms with van der Waals surface area (Å²) >= 11 is 0. The Balaban J connectivity index is 1.46. The highest BCUT2D eigenvalue weighted by molar-refractivity contribution is 5.80. The van der Waals surface area contributed by atoms with Gasteiger partial charge in [0.15, 0.2) is 0 Å². The average Bonchev–Trinajstić information content (AvgIpc) is 2.97. The Morgan fingerprint density at radius 1 is 1.14 bits per heavy atom. The van der Waals surface area contributed by atoms with Crippen LogP contribution in [0.1, 0.15) is 12.0 Å². The van der Waals surface area contributed by atoms with Crippen LogP contribution in [-0.2, 0) is 17.8 Å². The molecule has 0 saturated carbocycles. The topological polar surface area (TPSA) is 46.9 Å². The van der Waals surface area contributed by atoms with E-state index in [0.717, 1.165) is 12.0 Å². The van der Waals surface area contributed by atoms with E-state index in [1.165, 1.54) is 10.9 Å². The Bertz CT molecular complexity index is 749. The predicted octanol–water partition coefficient (Wildman–Crippen LogP) is 2.79. The van der Waals surface area contributed by atoms with Crippen molar-refractivity contribution in [3.05, 3.63) is 66.6 Å². The molecule has 3 rings (SSSR count). The molecule has 4 nitrogen and oxygen atoms in total. The van der Waals surface area contributed by atoms with Crippen LogP contribution in [0.5, 0.6) is 0 Å². The zero-order valence-electron chi connectivity index (χ0n) is 12.4. The van der Waals surface area contributed by atoms with Crippen LogP contribution < -0.4 is 5.32 Å². The van der Waals surface area contributed by atoms with E-state index in [0.29, 0.717) is 19.5 Å². The number of carbonyl (C=O) groups excluding carboxylic acids is 1. The molecule has 0 spiro atoms. The first-order chi connectivity index (χ1) is 10.8. The second kappa shape index (κ2) is 6.89. The molecule has 0 fully saturated rings. The van der Waals surface area contributed by atoms with Crippen molar-refractivity contribution in [3.63, 3.8) is 0 Å². The number of rotatable bonds is 6. The van der Waals surface area contributed by atoms with Gasteiger partial charge in [-0.3, -0.25) is 9.78 Å². The average molecular weight is 293 g/mol. The molecule has 0 radical (unpaired) electrons. The quantitative estimate of drug-likeness (QED) is 0.759. The summed E-state index contributed by atoms with van der Waals surface area (Å²) in [6.07, 6.45) is 6.92. The first-order valence-electron chi connectivity index (χ1n) is 7.52. The third kappa shape index (κ3) is 3.52. The first-order valence-corrected chi connectivity index (χ1v) is 7.52. The molecule has 2 heterocycles. The zero-order chi connectivity index (χ0) is 15.2. The summed E-state index contributed by atoms with van der Waals surface area (Å²) in [5, 5.41) is 4.17. The van der Waals surface area contributed by atoms with Crippen molar-refractivity contribution in [1.29, 1.82) is 0 Å². The van der Waals surface area contributed by atoms with Gasteiger partial charge in [-0.25, -0.2) is 0 Å². The largest absolute Gasteiger partial charge is 0.356 e. The third-order valence-electron chi connectivity index (χ3n) is 3.72. The molecule has 0 atom stereocenters. The first kappa shape index (κ1) is 14.3. The standard InChI is InChI=1S/C18H19N3O/c22-18(20-11-7-15-4-3-10-19-14-15)9-13-21-12-8-16-5-1-2-6-17(16)21/h1-6,8,10,12,14H,7,9,11,13H2,(H,20,22). The van der Waals surface area contributed by atoms with Crippen molar-refractivity contribution >= 4 is 16.8 Å². The van der Waals surface area contributed by atoms with E-state index in [9.17, 15) is 4.79 Å². The monoisotopic (exact) mass is 293 g/mol. The SMILES string of the molecule is O=C(CCn1ccc2ccccc21)NCCc1cccnc1. The molecule has 1 N–H and O–H groups in total. The highest BCUT2D eigenvalue weighted by Gasteiger charge is 2.04. The second-order valence-electron chi connectivity index (χ2n) is 5.28. The van der Waals surface area contributed by atoms with E-state index in [4.69, 9.17) is 0 Å². The lowest BCUT2D eigenvalue weighted by Gasteiger charge is -2.07. The molecular formula is C18H19N3O. The van der Waals surface area contributed by atoms with Gasteiger partial charge >= 0.3 is 0 Å². The van der Waals surface area contributed by atoms with Gasteiger partial charge in [0.05, 0.1) is 0 Å². The molecule has 3 aromatic rings. The minimum Gasteiger partial charge on any atom is -0.356 e. The lowest BCUT2D eigenvalue weighted by atomic mass is 10.2. The Morgan fingerprint density at radius 3 is 2.91 bits per heavy atom. The lowest BCUT2D eigenvalue weighted by Crippen LogP contribution is -2.26. The minimum absolute atomic E-state index is 0.0849. The van der Waals surface area contributed by atoms with Crippen LogP contribution in [0, 0.1) is 0 Å². The van der Waals surface area contributed by atoms with Crippen molar-refractivity contribution in [2.45, 2.75) is 19.4 Å². The van der Waals surface area contributed by atoms with E-state index in [-0.39, 0.29) is 5.91 Å². The maximum atomic E-state index is 11.9. The molecule has 0 unspecified atom stereocenters. The fourth-order valence-electron chi connectivity index (χ4n) is 2.54. The van der Waals surface area contributed by atoms with Crippen LogP contribution in [0.2, 0.25) is 0 Å². The molecule has 0 aliphatic heterocycles. The number of nitrogens with one attached hydrogen (secondary N) is 1. The maximum absolute atomic E-state index is 11.9. The number of aryl methyl sites for hydroxylation is 1. The predicted molar refractivity (Wildman–Crippen MR) is 87.5 cm³/mol. The zero-order valence-corrected chi connectivity index (χ0v) is 12.4. The van der Waals surface area contributed by atoms with Crippen LogP contribution >= 0.6 is 0 Å². The molecule has 1 aromatic carbocycles. The molecule has 112 valence electrons. The fourth-order valence-corrected chi connectivity index (χ4v) is 2.54. The summed E-state index contributed by atoms with van der Waals surface area (Å²) < 4.78 is 2.12. The number of hydrogen-bond donors (Lipinski definition) is 1. The van der Waals surface area contributed by atoms with Crippen molar-refractivity contribution < 1.29 is 4.79 Å². The molecule has 2 aromatic heterocycles. The van der Waals surface area contributed by atoms with Gasteiger partial charge in [-0.2, -0.15) is 0 Å². The Morgan fingerprint density at radius 2 is 2.05 bits per heavy atom. The molecule has 0 aliphatic carbocycles. The molecule has 0 saturated heterocycles. The summed E-state index contributed by atoms with van der Waals surface area (Å²) in [6, 6.07) is 14.2. The second-order valence-corrected chi connectivity index (χ2v) is 5.28. The van der Waals surface area contributed by atoms with Gasteiger partial charge in [-0.1, -0.05) is 24.3 Å². The molecule has 4 heteroatoms. The molecule has 0 aliphatic rings. The summed E-state index contributed by atoms with van der Waals surface area (Å²) in [6.45, 7) is 1.35. The molecule has 22 heavy (non-hydrogen) atoms. The van der Waals surface area contributed by atoms with Gasteiger partial charge in [0.25, 0.3) is 0 Å². The number of benzene rings is 1. The Hall–Kier alpha value is -2.62. The van der Waals surface area contributed by atoms with Crippen LogP contribution in [-0.4, -0.2) is 22.0 Å². The number of pyridine rings is 1. The van der Waals surface area contributed by atoms with Gasteiger partial charge in [-0.15, -0.1) is 0 Å². The lowest BCUT2D eigenvalue weighted by molar-refractivity contribution is -0.121. The third-order valence-corrected chi connectivity index (χ3v) is 3.72. The van der Waals surface area contributed by atoms with E-state index in [1.54, 1.807) is 6.20 Å². The Kier molecular flexibility index (Phi) is 4.49. The van der Waals surface area contributed by atoms with Gasteiger partial charge < -0.3 is 9.88 Å². The number of aromatic nitrogens is 2. The van der Waals surface area contributed by atoms with E-state index < -0.39 is 0 Å². The van der Waals surface area contributed by atoms with Gasteiger partial charge in [-0.05, 0) is 35.6 Å². The normalized spacial score (nSPS) is 10.7. The fraction of sp³-hybridized carbons (Fsp3) is 0.222. The summed E-state index contributed by atoms with van der Waals surface area (Å²) in [7, 11) is 0. The number of carbonyl (C=O) groups is 1. The number of fused-ring (bicyclic) bond motifs is 1. The number of hydrogen-bond acceptors (Lipinski definition) is 2. The highest BCUT2D eigenvalue weighted by Crippen LogP contribution is 2.15. The van der Waals surface area contributed by atoms with Crippen LogP contribution in [0.25, 0.3) is 10.9 Å². The summed E-state index contributed by atoms with van der Waals surface area (Å²) in [5.41, 5.74) is 2.31. The highest BCUT2D eigenvalue weighted by atomic mass is 16.1. The number of amides is 1. The minimum atomic E-state index is 0.0849. The van der Waals surface area contributed by atoms with Gasteiger partial charge in [0.1, 0.15) is 0 Å². The summed E-state index contributed by atoms with van der Waals surface area (Å²) in [4.78, 5) is 16.0. The van der Waals surface area contributed by atoms with Crippen molar-refractivity contribution in [1.82, 2.24) is 14.9 Å². The van der Waals surface area contributed by atoms with Gasteiger partial charge in [0.2, 0.25) is 5.91 Å². The van der Waals surface area contributed by atoms with Crippen LogP contribution in [0.3, 0.4) is 0 Å². The van der Waals surface area contributed by atoms with Crippen molar-refractivity contribution in [3.8, 4) is 0 Å². The molecule has 1 amide bonds. The number of nitrogens with zero attached hydrogens (tertiary/aromatic N) is 2. The van der Waals surface area contributed by atoms with E-state index >= 15 is 0 Å².